The molecule has 1 fully saturated rings. The lowest BCUT2D eigenvalue weighted by atomic mass is 9.84. The molecule has 0 saturated heterocycles. The monoisotopic (exact) mass is 265 g/mol. The van der Waals surface area contributed by atoms with Gasteiger partial charge < -0.3 is 10.4 Å². The Morgan fingerprint density at radius 2 is 2.00 bits per heavy atom. The van der Waals surface area contributed by atoms with Gasteiger partial charge in [-0.1, -0.05) is 36.8 Å². The average Bonchev–Trinajstić information content (AvgIpc) is 2.34. The summed E-state index contributed by atoms with van der Waals surface area (Å²) in [6.07, 6.45) is 6.14. The zero-order chi connectivity index (χ0) is 13.1. The number of benzene rings is 1. The van der Waals surface area contributed by atoms with Crippen molar-refractivity contribution < 1.29 is 5.11 Å². The lowest BCUT2D eigenvalue weighted by molar-refractivity contribution is 0.0556. The summed E-state index contributed by atoms with van der Waals surface area (Å²) in [5.41, 5.74) is 0.189. The lowest BCUT2D eigenvalue weighted by Gasteiger charge is -2.41. The predicted molar refractivity (Wildman–Crippen MR) is 79.0 cm³/mol. The van der Waals surface area contributed by atoms with Crippen LogP contribution in [0, 0.1) is 0 Å². The topological polar surface area (TPSA) is 32.3 Å². The summed E-state index contributed by atoms with van der Waals surface area (Å²) < 4.78 is 0.423. The first-order chi connectivity index (χ1) is 8.58. The van der Waals surface area contributed by atoms with Crippen molar-refractivity contribution in [2.75, 3.05) is 19.3 Å². The number of aliphatic hydroxyl groups is 1. The Morgan fingerprint density at radius 3 is 2.50 bits per heavy atom. The fourth-order valence-electron chi connectivity index (χ4n) is 2.46. The maximum Gasteiger partial charge on any atom is 0.0992 e. The predicted octanol–water partition coefficient (Wildman–Crippen LogP) is 2.77. The summed E-state index contributed by atoms with van der Waals surface area (Å²) in [5, 5.41) is 13.9. The normalized spacial score (nSPS) is 21.1. The van der Waals surface area contributed by atoms with Crippen molar-refractivity contribution in [3.63, 3.8) is 0 Å². The van der Waals surface area contributed by atoms with Crippen LogP contribution in [0.25, 0.3) is 0 Å². The molecule has 0 radical (unpaired) electrons. The minimum atomic E-state index is -0.787. The van der Waals surface area contributed by atoms with E-state index in [0.717, 1.165) is 12.1 Å². The molecule has 0 bridgehead atoms. The van der Waals surface area contributed by atoms with Crippen molar-refractivity contribution in [3.8, 4) is 0 Å². The molecule has 2 N–H and O–H groups in total. The summed E-state index contributed by atoms with van der Waals surface area (Å²) >= 11 is 1.96. The van der Waals surface area contributed by atoms with Gasteiger partial charge >= 0.3 is 0 Å². The molecule has 2 nitrogen and oxygen atoms in total. The Balaban J connectivity index is 1.86. The molecule has 18 heavy (non-hydrogen) atoms. The number of thioether (sulfide) groups is 1. The van der Waals surface area contributed by atoms with Gasteiger partial charge in [-0.15, -0.1) is 0 Å². The molecule has 0 amide bonds. The molecule has 1 unspecified atom stereocenters. The van der Waals surface area contributed by atoms with E-state index in [2.05, 4.69) is 11.6 Å². The molecule has 1 aliphatic carbocycles. The first kappa shape index (κ1) is 13.9. The smallest absolute Gasteiger partial charge is 0.0992 e. The van der Waals surface area contributed by atoms with Crippen LogP contribution in [-0.2, 0) is 5.60 Å². The van der Waals surface area contributed by atoms with E-state index in [1.807, 2.05) is 49.0 Å². The molecule has 2 rings (SSSR count). The van der Waals surface area contributed by atoms with Crippen LogP contribution in [0.2, 0.25) is 0 Å². The molecule has 0 heterocycles. The van der Waals surface area contributed by atoms with Gasteiger partial charge in [-0.05, 0) is 31.6 Å². The third-order valence-electron chi connectivity index (χ3n) is 4.01. The molecule has 0 aromatic heterocycles. The largest absolute Gasteiger partial charge is 0.384 e. The van der Waals surface area contributed by atoms with Gasteiger partial charge in [0.05, 0.1) is 5.60 Å². The zero-order valence-electron chi connectivity index (χ0n) is 11.3. The third kappa shape index (κ3) is 3.08. The van der Waals surface area contributed by atoms with Crippen molar-refractivity contribution in [1.82, 2.24) is 5.32 Å². The molecule has 1 aromatic carbocycles. The summed E-state index contributed by atoms with van der Waals surface area (Å²) in [6, 6.07) is 9.88. The van der Waals surface area contributed by atoms with Crippen LogP contribution in [0.1, 0.15) is 31.7 Å². The minimum Gasteiger partial charge on any atom is -0.384 e. The van der Waals surface area contributed by atoms with Crippen LogP contribution in [-0.4, -0.2) is 29.2 Å². The second-order valence-electron chi connectivity index (χ2n) is 5.48. The highest BCUT2D eigenvalue weighted by molar-refractivity contribution is 8.00. The number of rotatable bonds is 6. The molecular weight excluding hydrogens is 242 g/mol. The Hall–Kier alpha value is -0.510. The highest BCUT2D eigenvalue weighted by atomic mass is 32.2. The van der Waals surface area contributed by atoms with Crippen LogP contribution < -0.4 is 5.32 Å². The van der Waals surface area contributed by atoms with Gasteiger partial charge in [-0.25, -0.2) is 0 Å². The van der Waals surface area contributed by atoms with Gasteiger partial charge in [-0.3, -0.25) is 0 Å². The molecular formula is C15H23NOS. The molecule has 1 aromatic rings. The van der Waals surface area contributed by atoms with Crippen LogP contribution >= 0.6 is 11.8 Å². The first-order valence-electron chi connectivity index (χ1n) is 6.62. The van der Waals surface area contributed by atoms with Gasteiger partial charge in [-0.2, -0.15) is 11.8 Å². The van der Waals surface area contributed by atoms with Crippen molar-refractivity contribution in [2.45, 2.75) is 36.5 Å². The van der Waals surface area contributed by atoms with E-state index < -0.39 is 5.60 Å². The maximum absolute atomic E-state index is 10.5. The van der Waals surface area contributed by atoms with E-state index in [1.54, 1.807) is 0 Å². The van der Waals surface area contributed by atoms with Crippen molar-refractivity contribution in [3.05, 3.63) is 35.9 Å². The Bertz CT molecular complexity index is 368. The van der Waals surface area contributed by atoms with E-state index in [1.165, 1.54) is 19.3 Å². The summed E-state index contributed by atoms with van der Waals surface area (Å²) in [5.74, 6) is 0. The first-order valence-corrected chi connectivity index (χ1v) is 7.84. The summed E-state index contributed by atoms with van der Waals surface area (Å²) in [4.78, 5) is 0. The molecule has 0 spiro atoms. The fourth-order valence-corrected chi connectivity index (χ4v) is 3.40. The van der Waals surface area contributed by atoms with Gasteiger partial charge in [0.25, 0.3) is 0 Å². The fraction of sp³-hybridized carbons (Fsp3) is 0.600. The molecule has 100 valence electrons. The Labute approximate surface area is 114 Å². The highest BCUT2D eigenvalue weighted by Gasteiger charge is 2.36. The highest BCUT2D eigenvalue weighted by Crippen LogP contribution is 2.42. The van der Waals surface area contributed by atoms with E-state index >= 15 is 0 Å². The van der Waals surface area contributed by atoms with Crippen LogP contribution in [0.5, 0.6) is 0 Å². The van der Waals surface area contributed by atoms with Gasteiger partial charge in [0, 0.05) is 17.8 Å². The molecule has 1 atom stereocenters. The quantitative estimate of drug-likeness (QED) is 0.829. The standard InChI is InChI=1S/C15H23NOS/c1-14(17,13-7-4-3-5-8-13)11-16-12-15(18-2)9-6-10-15/h3-5,7-8,16-17H,6,9-12H2,1-2H3. The Morgan fingerprint density at radius 1 is 1.33 bits per heavy atom. The van der Waals surface area contributed by atoms with E-state index in [-0.39, 0.29) is 0 Å². The summed E-state index contributed by atoms with van der Waals surface area (Å²) in [6.45, 7) is 3.48. The molecule has 3 heteroatoms. The zero-order valence-corrected chi connectivity index (χ0v) is 12.1. The van der Waals surface area contributed by atoms with Gasteiger partial charge in [0.15, 0.2) is 0 Å². The second kappa shape index (κ2) is 5.64. The van der Waals surface area contributed by atoms with Crippen molar-refractivity contribution >= 4 is 11.8 Å². The molecule has 0 aliphatic heterocycles. The van der Waals surface area contributed by atoms with E-state index in [0.29, 0.717) is 11.3 Å². The van der Waals surface area contributed by atoms with Crippen molar-refractivity contribution in [2.24, 2.45) is 0 Å². The van der Waals surface area contributed by atoms with Gasteiger partial charge in [0.2, 0.25) is 0 Å². The molecule has 1 saturated carbocycles. The second-order valence-corrected chi connectivity index (χ2v) is 6.76. The lowest BCUT2D eigenvalue weighted by Crippen LogP contribution is -2.46. The maximum atomic E-state index is 10.5. The van der Waals surface area contributed by atoms with E-state index in [4.69, 9.17) is 0 Å². The SMILES string of the molecule is CSC1(CNCC(C)(O)c2ccccc2)CCC1. The van der Waals surface area contributed by atoms with Crippen LogP contribution in [0.3, 0.4) is 0 Å². The average molecular weight is 265 g/mol. The van der Waals surface area contributed by atoms with E-state index in [9.17, 15) is 5.11 Å². The number of nitrogens with one attached hydrogen (secondary N) is 1. The number of hydrogen-bond donors (Lipinski definition) is 2. The van der Waals surface area contributed by atoms with Crippen molar-refractivity contribution in [1.29, 1.82) is 0 Å². The van der Waals surface area contributed by atoms with Crippen LogP contribution in [0.4, 0.5) is 0 Å². The molecule has 1 aliphatic rings. The minimum absolute atomic E-state index is 0.423. The van der Waals surface area contributed by atoms with Gasteiger partial charge in [0.1, 0.15) is 0 Å². The third-order valence-corrected chi connectivity index (χ3v) is 5.43. The Kier molecular flexibility index (Phi) is 4.36. The van der Waals surface area contributed by atoms with Crippen LogP contribution in [0.15, 0.2) is 30.3 Å². The number of hydrogen-bond acceptors (Lipinski definition) is 3. The summed E-state index contributed by atoms with van der Waals surface area (Å²) in [7, 11) is 0.